The van der Waals surface area contributed by atoms with Crippen LogP contribution >= 0.6 is 0 Å². The third-order valence-corrected chi connectivity index (χ3v) is 3.22. The van der Waals surface area contributed by atoms with Crippen molar-refractivity contribution in [2.75, 3.05) is 0 Å². The quantitative estimate of drug-likeness (QED) is 0.747. The van der Waals surface area contributed by atoms with Gasteiger partial charge in [0, 0.05) is 12.1 Å². The molecular weight excluding hydrogens is 174 g/mol. The molecule has 0 spiro atoms. The topological polar surface area (TPSA) is 32.3 Å². The Hall–Kier alpha value is -1.02. The lowest BCUT2D eigenvalue weighted by molar-refractivity contribution is 0.471. The summed E-state index contributed by atoms with van der Waals surface area (Å²) in [6.45, 7) is 0. The Bertz CT molecular complexity index is 357. The van der Waals surface area contributed by atoms with E-state index in [9.17, 15) is 5.11 Å². The summed E-state index contributed by atoms with van der Waals surface area (Å²) in [5.74, 6) is 0.397. The van der Waals surface area contributed by atoms with Gasteiger partial charge in [0.1, 0.15) is 5.75 Å². The fourth-order valence-electron chi connectivity index (χ4n) is 2.30. The number of hydrogen-bond donors (Lipinski definition) is 2. The average Bonchev–Trinajstić information content (AvgIpc) is 2.90. The number of aryl methyl sites for hydroxylation is 1. The van der Waals surface area contributed by atoms with Crippen LogP contribution in [0, 0.1) is 0 Å². The van der Waals surface area contributed by atoms with Crippen LogP contribution < -0.4 is 5.32 Å². The molecule has 2 aliphatic carbocycles. The molecule has 3 rings (SSSR count). The summed E-state index contributed by atoms with van der Waals surface area (Å²) in [5.41, 5.74) is 2.72. The lowest BCUT2D eigenvalue weighted by Gasteiger charge is -2.13. The summed E-state index contributed by atoms with van der Waals surface area (Å²) in [5, 5.41) is 13.1. The fraction of sp³-hybridized carbons (Fsp3) is 0.500. The summed E-state index contributed by atoms with van der Waals surface area (Å²) < 4.78 is 0. The van der Waals surface area contributed by atoms with E-state index in [0.717, 1.165) is 12.5 Å². The van der Waals surface area contributed by atoms with Crippen LogP contribution in [0.5, 0.6) is 5.75 Å². The molecular formula is C12H15NO. The number of phenolic OH excluding ortho intramolecular Hbond substituents is 1. The molecule has 2 N–H and O–H groups in total. The van der Waals surface area contributed by atoms with Crippen molar-refractivity contribution in [3.8, 4) is 5.75 Å². The van der Waals surface area contributed by atoms with E-state index < -0.39 is 0 Å². The van der Waals surface area contributed by atoms with Crippen LogP contribution in [0.1, 0.15) is 36.4 Å². The standard InChI is InChI=1S/C12H15NO/c14-10-5-1-8-2-6-12(11(8)7-10)13-9-3-4-9/h1,5,7,9,12-14H,2-4,6H2. The monoisotopic (exact) mass is 189 g/mol. The number of hydrogen-bond acceptors (Lipinski definition) is 2. The van der Waals surface area contributed by atoms with Crippen molar-refractivity contribution in [3.05, 3.63) is 29.3 Å². The van der Waals surface area contributed by atoms with Gasteiger partial charge >= 0.3 is 0 Å². The number of nitrogens with one attached hydrogen (secondary N) is 1. The maximum atomic E-state index is 9.44. The first-order valence-electron chi connectivity index (χ1n) is 5.41. The smallest absolute Gasteiger partial charge is 0.115 e. The van der Waals surface area contributed by atoms with Crippen LogP contribution in [-0.4, -0.2) is 11.1 Å². The predicted molar refractivity (Wildman–Crippen MR) is 55.3 cm³/mol. The zero-order valence-electron chi connectivity index (χ0n) is 8.16. The summed E-state index contributed by atoms with van der Waals surface area (Å²) >= 11 is 0. The van der Waals surface area contributed by atoms with Gasteiger partial charge in [0.2, 0.25) is 0 Å². The van der Waals surface area contributed by atoms with E-state index in [2.05, 4.69) is 11.4 Å². The number of rotatable bonds is 2. The highest BCUT2D eigenvalue weighted by atomic mass is 16.3. The number of phenols is 1. The molecule has 2 nitrogen and oxygen atoms in total. The molecule has 0 bridgehead atoms. The average molecular weight is 189 g/mol. The van der Waals surface area contributed by atoms with E-state index in [1.54, 1.807) is 6.07 Å². The van der Waals surface area contributed by atoms with Crippen LogP contribution in [0.4, 0.5) is 0 Å². The summed E-state index contributed by atoms with van der Waals surface area (Å²) in [7, 11) is 0. The van der Waals surface area contributed by atoms with E-state index in [1.165, 1.54) is 30.4 Å². The van der Waals surface area contributed by atoms with Crippen LogP contribution in [0.15, 0.2) is 18.2 Å². The van der Waals surface area contributed by atoms with Crippen LogP contribution in [0.2, 0.25) is 0 Å². The van der Waals surface area contributed by atoms with Gasteiger partial charge < -0.3 is 10.4 Å². The number of benzene rings is 1. The highest BCUT2D eigenvalue weighted by Crippen LogP contribution is 2.35. The zero-order chi connectivity index (χ0) is 9.54. The third kappa shape index (κ3) is 1.40. The Morgan fingerprint density at radius 1 is 1.21 bits per heavy atom. The largest absolute Gasteiger partial charge is 0.508 e. The van der Waals surface area contributed by atoms with Gasteiger partial charge in [-0.05, 0) is 48.9 Å². The normalized spacial score (nSPS) is 25.0. The van der Waals surface area contributed by atoms with Gasteiger partial charge in [0.25, 0.3) is 0 Å². The van der Waals surface area contributed by atoms with E-state index in [-0.39, 0.29) is 0 Å². The fourth-order valence-corrected chi connectivity index (χ4v) is 2.30. The van der Waals surface area contributed by atoms with Gasteiger partial charge in [-0.15, -0.1) is 0 Å². The lowest BCUT2D eigenvalue weighted by Crippen LogP contribution is -2.21. The molecule has 0 radical (unpaired) electrons. The van der Waals surface area contributed by atoms with Gasteiger partial charge in [-0.2, -0.15) is 0 Å². The minimum atomic E-state index is 0.397. The number of aromatic hydroxyl groups is 1. The van der Waals surface area contributed by atoms with Crippen molar-refractivity contribution in [1.82, 2.24) is 5.32 Å². The maximum Gasteiger partial charge on any atom is 0.115 e. The summed E-state index contributed by atoms with van der Waals surface area (Å²) in [6.07, 6.45) is 4.99. The van der Waals surface area contributed by atoms with Crippen molar-refractivity contribution in [3.63, 3.8) is 0 Å². The second kappa shape index (κ2) is 2.99. The molecule has 0 aliphatic heterocycles. The first kappa shape index (κ1) is 8.30. The first-order chi connectivity index (χ1) is 6.83. The summed E-state index contributed by atoms with van der Waals surface area (Å²) in [4.78, 5) is 0. The molecule has 2 heteroatoms. The Morgan fingerprint density at radius 3 is 2.86 bits per heavy atom. The highest BCUT2D eigenvalue weighted by molar-refractivity contribution is 5.40. The van der Waals surface area contributed by atoms with E-state index >= 15 is 0 Å². The zero-order valence-corrected chi connectivity index (χ0v) is 8.16. The van der Waals surface area contributed by atoms with Crippen LogP contribution in [0.25, 0.3) is 0 Å². The molecule has 0 aromatic heterocycles. The van der Waals surface area contributed by atoms with Crippen LogP contribution in [0.3, 0.4) is 0 Å². The van der Waals surface area contributed by atoms with Gasteiger partial charge in [-0.1, -0.05) is 6.07 Å². The maximum absolute atomic E-state index is 9.44. The van der Waals surface area contributed by atoms with Crippen LogP contribution in [-0.2, 0) is 6.42 Å². The Kier molecular flexibility index (Phi) is 1.77. The highest BCUT2D eigenvalue weighted by Gasteiger charge is 2.29. The SMILES string of the molecule is Oc1ccc2c(c1)C(NC1CC1)CC2. The molecule has 1 atom stereocenters. The predicted octanol–water partition coefficient (Wildman–Crippen LogP) is 2.13. The third-order valence-electron chi connectivity index (χ3n) is 3.22. The van der Waals surface area contributed by atoms with Crippen molar-refractivity contribution in [1.29, 1.82) is 0 Å². The molecule has 2 aliphatic rings. The van der Waals surface area contributed by atoms with E-state index in [1.807, 2.05) is 6.07 Å². The molecule has 0 amide bonds. The van der Waals surface area contributed by atoms with Gasteiger partial charge in [-0.3, -0.25) is 0 Å². The Balaban J connectivity index is 1.87. The first-order valence-corrected chi connectivity index (χ1v) is 5.41. The van der Waals surface area contributed by atoms with Gasteiger partial charge in [0.05, 0.1) is 0 Å². The molecule has 0 saturated heterocycles. The lowest BCUT2D eigenvalue weighted by atomic mass is 10.1. The molecule has 1 fully saturated rings. The molecule has 1 aromatic carbocycles. The minimum Gasteiger partial charge on any atom is -0.508 e. The number of fused-ring (bicyclic) bond motifs is 1. The molecule has 1 aromatic rings. The van der Waals surface area contributed by atoms with Crippen molar-refractivity contribution < 1.29 is 5.11 Å². The minimum absolute atomic E-state index is 0.397. The van der Waals surface area contributed by atoms with Gasteiger partial charge in [0.15, 0.2) is 0 Å². The Morgan fingerprint density at radius 2 is 2.07 bits per heavy atom. The van der Waals surface area contributed by atoms with Crippen molar-refractivity contribution >= 4 is 0 Å². The van der Waals surface area contributed by atoms with Crippen molar-refractivity contribution in [2.24, 2.45) is 0 Å². The molecule has 0 heterocycles. The second-order valence-electron chi connectivity index (χ2n) is 4.42. The molecule has 1 saturated carbocycles. The molecule has 1 unspecified atom stereocenters. The summed E-state index contributed by atoms with van der Waals surface area (Å²) in [6, 6.07) is 7.00. The molecule has 74 valence electrons. The van der Waals surface area contributed by atoms with E-state index in [4.69, 9.17) is 0 Å². The van der Waals surface area contributed by atoms with Gasteiger partial charge in [-0.25, -0.2) is 0 Å². The second-order valence-corrected chi connectivity index (χ2v) is 4.42. The van der Waals surface area contributed by atoms with E-state index in [0.29, 0.717) is 11.8 Å². The Labute approximate surface area is 84.0 Å². The molecule has 14 heavy (non-hydrogen) atoms. The van der Waals surface area contributed by atoms with Crippen molar-refractivity contribution in [2.45, 2.75) is 37.8 Å².